The van der Waals surface area contributed by atoms with Gasteiger partial charge in [0.1, 0.15) is 6.61 Å². The lowest BCUT2D eigenvalue weighted by molar-refractivity contribution is -0.161. The predicted octanol–water partition coefficient (Wildman–Crippen LogP) is 11.6. The number of rotatable bonds is 40. The summed E-state index contributed by atoms with van der Waals surface area (Å²) < 4.78 is 32.7. The van der Waals surface area contributed by atoms with Crippen LogP contribution in [0.3, 0.4) is 0 Å². The largest absolute Gasteiger partial charge is 0.472 e. The zero-order valence-corrected chi connectivity index (χ0v) is 36.6. The number of allylic oxidation sites excluding steroid dienone is 16. The first-order valence-electron chi connectivity index (χ1n) is 21.8. The van der Waals surface area contributed by atoms with Crippen molar-refractivity contribution in [3.63, 3.8) is 0 Å². The van der Waals surface area contributed by atoms with Crippen LogP contribution in [0.5, 0.6) is 0 Å². The third-order valence-corrected chi connectivity index (χ3v) is 9.48. The number of aliphatic hydroxyl groups is 1. The molecule has 330 valence electrons. The van der Waals surface area contributed by atoms with Gasteiger partial charge in [0.25, 0.3) is 0 Å². The van der Waals surface area contributed by atoms with Crippen LogP contribution < -0.4 is 5.73 Å². The molecule has 11 heteroatoms. The normalized spacial score (nSPS) is 14.2. The maximum absolute atomic E-state index is 12.6. The zero-order chi connectivity index (χ0) is 42.5. The minimum absolute atomic E-state index is 0.0299. The highest BCUT2D eigenvalue weighted by molar-refractivity contribution is 7.47. The molecule has 2 atom stereocenters. The summed E-state index contributed by atoms with van der Waals surface area (Å²) in [5, 5.41) is 8.79. The van der Waals surface area contributed by atoms with Gasteiger partial charge in [-0.1, -0.05) is 130 Å². The Balaban J connectivity index is 4.33. The second-order valence-electron chi connectivity index (χ2n) is 13.9. The molecule has 0 aromatic carbocycles. The average molecular weight is 832 g/mol. The van der Waals surface area contributed by atoms with Crippen LogP contribution in [-0.2, 0) is 32.7 Å². The summed E-state index contributed by atoms with van der Waals surface area (Å²) in [4.78, 5) is 34.8. The monoisotopic (exact) mass is 832 g/mol. The maximum Gasteiger partial charge on any atom is 0.472 e. The molecule has 0 spiro atoms. The molecule has 0 saturated heterocycles. The van der Waals surface area contributed by atoms with Gasteiger partial charge < -0.3 is 25.2 Å². The SMILES string of the molecule is CCCCC/C=C\C/C=C\C/C=C\C/C=C\CCCCCC(=O)OC[C@H](COP(=O)(O)OCCN)OC(=O)CCC/C=C\C/C=C\C/C=C\C/C=C\CCCCCO. The second kappa shape index (κ2) is 43.5. The lowest BCUT2D eigenvalue weighted by Gasteiger charge is -2.19. The number of phosphoric acid groups is 1. The Hall–Kier alpha value is -3.11. The molecule has 58 heavy (non-hydrogen) atoms. The van der Waals surface area contributed by atoms with Gasteiger partial charge in [-0.15, -0.1) is 0 Å². The fourth-order valence-corrected chi connectivity index (χ4v) is 6.00. The van der Waals surface area contributed by atoms with Crippen molar-refractivity contribution in [1.82, 2.24) is 0 Å². The number of esters is 2. The number of hydrogen-bond donors (Lipinski definition) is 3. The molecule has 0 bridgehead atoms. The van der Waals surface area contributed by atoms with Gasteiger partial charge in [0.15, 0.2) is 6.10 Å². The van der Waals surface area contributed by atoms with Crippen molar-refractivity contribution in [2.24, 2.45) is 5.73 Å². The summed E-state index contributed by atoms with van der Waals surface area (Å²) in [6.45, 7) is 1.58. The van der Waals surface area contributed by atoms with Crippen LogP contribution in [0.25, 0.3) is 0 Å². The smallest absolute Gasteiger partial charge is 0.462 e. The average Bonchev–Trinajstić information content (AvgIpc) is 3.21. The van der Waals surface area contributed by atoms with Crippen molar-refractivity contribution in [2.45, 2.75) is 154 Å². The molecule has 0 amide bonds. The molecular formula is C47H78NO9P. The quantitative estimate of drug-likeness (QED) is 0.0235. The number of phosphoric ester groups is 1. The van der Waals surface area contributed by atoms with E-state index in [0.29, 0.717) is 19.3 Å². The molecule has 0 saturated carbocycles. The first-order chi connectivity index (χ1) is 28.3. The van der Waals surface area contributed by atoms with Crippen molar-refractivity contribution in [1.29, 1.82) is 0 Å². The number of carbonyl (C=O) groups is 2. The van der Waals surface area contributed by atoms with Gasteiger partial charge in [-0.2, -0.15) is 0 Å². The molecule has 0 fully saturated rings. The van der Waals surface area contributed by atoms with Gasteiger partial charge in [0.2, 0.25) is 0 Å². The summed E-state index contributed by atoms with van der Waals surface area (Å²) >= 11 is 0. The van der Waals surface area contributed by atoms with E-state index in [-0.39, 0.29) is 39.2 Å². The topological polar surface area (TPSA) is 155 Å². The number of nitrogens with two attached hydrogens (primary N) is 1. The molecular weight excluding hydrogens is 753 g/mol. The number of hydrogen-bond acceptors (Lipinski definition) is 9. The van der Waals surface area contributed by atoms with Gasteiger partial charge in [-0.05, 0) is 103 Å². The molecule has 0 aromatic rings. The Bertz CT molecular complexity index is 1270. The van der Waals surface area contributed by atoms with E-state index >= 15 is 0 Å². The summed E-state index contributed by atoms with van der Waals surface area (Å²) in [6.07, 6.45) is 53.1. The third kappa shape index (κ3) is 42.5. The highest BCUT2D eigenvalue weighted by atomic mass is 31.2. The summed E-state index contributed by atoms with van der Waals surface area (Å²) in [7, 11) is -4.41. The van der Waals surface area contributed by atoms with Crippen molar-refractivity contribution < 1.29 is 42.7 Å². The molecule has 0 radical (unpaired) electrons. The molecule has 0 heterocycles. The van der Waals surface area contributed by atoms with Crippen LogP contribution in [0, 0.1) is 0 Å². The first-order valence-corrected chi connectivity index (χ1v) is 23.3. The number of aliphatic hydroxyl groups excluding tert-OH is 1. The fourth-order valence-electron chi connectivity index (χ4n) is 5.23. The second-order valence-corrected chi connectivity index (χ2v) is 15.4. The highest BCUT2D eigenvalue weighted by Crippen LogP contribution is 2.43. The van der Waals surface area contributed by atoms with Crippen molar-refractivity contribution in [3.8, 4) is 0 Å². The van der Waals surface area contributed by atoms with Crippen LogP contribution in [0.1, 0.15) is 148 Å². The number of carbonyl (C=O) groups excluding carboxylic acids is 2. The number of ether oxygens (including phenoxy) is 2. The summed E-state index contributed by atoms with van der Waals surface area (Å²) in [6, 6.07) is 0. The van der Waals surface area contributed by atoms with E-state index < -0.39 is 32.5 Å². The summed E-state index contributed by atoms with van der Waals surface area (Å²) in [5.74, 6) is -0.955. The molecule has 0 aromatic heterocycles. The molecule has 0 aliphatic heterocycles. The van der Waals surface area contributed by atoms with E-state index in [4.69, 9.17) is 29.4 Å². The summed E-state index contributed by atoms with van der Waals surface area (Å²) in [5.41, 5.74) is 5.34. The molecule has 0 aliphatic rings. The van der Waals surface area contributed by atoms with E-state index in [1.54, 1.807) is 0 Å². The van der Waals surface area contributed by atoms with E-state index in [1.165, 1.54) is 25.7 Å². The number of unbranched alkanes of at least 4 members (excludes halogenated alkanes) is 10. The first kappa shape index (κ1) is 54.9. The third-order valence-electron chi connectivity index (χ3n) is 8.50. The van der Waals surface area contributed by atoms with Crippen molar-refractivity contribution in [2.75, 3.05) is 33.0 Å². The zero-order valence-electron chi connectivity index (χ0n) is 35.7. The minimum Gasteiger partial charge on any atom is -0.462 e. The Labute approximate surface area is 351 Å². The van der Waals surface area contributed by atoms with Gasteiger partial charge in [-0.3, -0.25) is 18.6 Å². The molecule has 1 unspecified atom stereocenters. The van der Waals surface area contributed by atoms with Crippen LogP contribution in [-0.4, -0.2) is 61.0 Å². The van der Waals surface area contributed by atoms with Gasteiger partial charge >= 0.3 is 19.8 Å². The Morgan fingerprint density at radius 1 is 0.552 bits per heavy atom. The van der Waals surface area contributed by atoms with Gasteiger partial charge in [0, 0.05) is 26.0 Å². The van der Waals surface area contributed by atoms with Gasteiger partial charge in [0.05, 0.1) is 13.2 Å². The minimum atomic E-state index is -4.41. The molecule has 0 aliphatic carbocycles. The van der Waals surface area contributed by atoms with E-state index in [2.05, 4.69) is 92.0 Å². The van der Waals surface area contributed by atoms with Crippen molar-refractivity contribution in [3.05, 3.63) is 97.2 Å². The van der Waals surface area contributed by atoms with Crippen LogP contribution in [0.2, 0.25) is 0 Å². The molecule has 10 nitrogen and oxygen atoms in total. The lowest BCUT2D eigenvalue weighted by Crippen LogP contribution is -2.29. The van der Waals surface area contributed by atoms with Crippen LogP contribution in [0.4, 0.5) is 0 Å². The Morgan fingerprint density at radius 3 is 1.45 bits per heavy atom. The highest BCUT2D eigenvalue weighted by Gasteiger charge is 2.25. The van der Waals surface area contributed by atoms with Gasteiger partial charge in [-0.25, -0.2) is 4.57 Å². The van der Waals surface area contributed by atoms with E-state index in [1.807, 2.05) is 12.2 Å². The fraction of sp³-hybridized carbons (Fsp3) is 0.617. The predicted molar refractivity (Wildman–Crippen MR) is 239 cm³/mol. The van der Waals surface area contributed by atoms with Crippen molar-refractivity contribution >= 4 is 19.8 Å². The van der Waals surface area contributed by atoms with E-state index in [9.17, 15) is 19.0 Å². The maximum atomic E-state index is 12.6. The van der Waals surface area contributed by atoms with Crippen LogP contribution >= 0.6 is 7.82 Å². The Kier molecular flexibility index (Phi) is 41.1. The molecule has 0 rings (SSSR count). The Morgan fingerprint density at radius 2 is 0.983 bits per heavy atom. The molecule has 4 N–H and O–H groups in total. The standard InChI is InChI=1S/C47H78NO9P/c1-2-3-4-5-6-7-8-9-10-11-12-14-17-20-23-26-29-32-35-38-46(50)54-43-45(44-56-58(52,53)55-42-40-48)57-47(51)39-36-33-30-27-24-21-18-15-13-16-19-22-25-28-31-34-37-41-49/h6-7,9-10,12-14,16,18,20-23,25,27,30,45,49H,2-5,8,11,15,17,19,24,26,28-29,31-44,48H2,1H3,(H,52,53)/b7-6-,10-9-,14-12-,16-13-,21-18-,23-20-,25-22-,30-27-/t45-/m1/s1. The lowest BCUT2D eigenvalue weighted by atomic mass is 10.1. The van der Waals surface area contributed by atoms with Crippen LogP contribution in [0.15, 0.2) is 97.2 Å². The van der Waals surface area contributed by atoms with E-state index in [0.717, 1.165) is 83.5 Å².